The quantitative estimate of drug-likeness (QED) is 0.913. The molecule has 0 aromatic carbocycles. The third-order valence-electron chi connectivity index (χ3n) is 4.38. The van der Waals surface area contributed by atoms with Gasteiger partial charge in [0.25, 0.3) is 0 Å². The number of fused-ring (bicyclic) bond motifs is 1. The SMILES string of the molecule is CCNc1nc(C2(OC)CCOCC2)nc2c1CCC2. The molecule has 2 heterocycles. The Morgan fingerprint density at radius 3 is 2.75 bits per heavy atom. The van der Waals surface area contributed by atoms with Gasteiger partial charge in [0.1, 0.15) is 11.4 Å². The number of hydrogen-bond donors (Lipinski definition) is 1. The van der Waals surface area contributed by atoms with Crippen LogP contribution in [0.15, 0.2) is 0 Å². The van der Waals surface area contributed by atoms with E-state index >= 15 is 0 Å². The molecule has 1 fully saturated rings. The monoisotopic (exact) mass is 277 g/mol. The maximum Gasteiger partial charge on any atom is 0.163 e. The molecule has 1 aromatic rings. The van der Waals surface area contributed by atoms with Crippen molar-refractivity contribution < 1.29 is 9.47 Å². The molecule has 0 saturated carbocycles. The average Bonchev–Trinajstić information content (AvgIpc) is 2.97. The summed E-state index contributed by atoms with van der Waals surface area (Å²) in [6.45, 7) is 4.41. The summed E-state index contributed by atoms with van der Waals surface area (Å²) in [5, 5.41) is 3.39. The van der Waals surface area contributed by atoms with Crippen molar-refractivity contribution in [3.63, 3.8) is 0 Å². The molecule has 1 N–H and O–H groups in total. The van der Waals surface area contributed by atoms with Gasteiger partial charge >= 0.3 is 0 Å². The first kappa shape index (κ1) is 13.8. The van der Waals surface area contributed by atoms with Crippen LogP contribution in [-0.2, 0) is 27.9 Å². The van der Waals surface area contributed by atoms with Gasteiger partial charge in [0.15, 0.2) is 5.82 Å². The number of hydrogen-bond acceptors (Lipinski definition) is 5. The molecule has 5 nitrogen and oxygen atoms in total. The lowest BCUT2D eigenvalue weighted by Crippen LogP contribution is -2.37. The topological polar surface area (TPSA) is 56.3 Å². The Morgan fingerprint density at radius 2 is 2.05 bits per heavy atom. The van der Waals surface area contributed by atoms with Crippen LogP contribution < -0.4 is 5.32 Å². The average molecular weight is 277 g/mol. The normalized spacial score (nSPS) is 20.7. The lowest BCUT2D eigenvalue weighted by Gasteiger charge is -2.34. The molecule has 0 unspecified atom stereocenters. The van der Waals surface area contributed by atoms with Crippen molar-refractivity contribution in [3.05, 3.63) is 17.1 Å². The first-order chi connectivity index (χ1) is 9.79. The van der Waals surface area contributed by atoms with Gasteiger partial charge in [-0.1, -0.05) is 0 Å². The van der Waals surface area contributed by atoms with Crippen molar-refractivity contribution in [2.75, 3.05) is 32.2 Å². The van der Waals surface area contributed by atoms with Crippen LogP contribution in [0, 0.1) is 0 Å². The van der Waals surface area contributed by atoms with E-state index < -0.39 is 0 Å². The Kier molecular flexibility index (Phi) is 3.89. The second kappa shape index (κ2) is 5.66. The number of nitrogens with one attached hydrogen (secondary N) is 1. The second-order valence-electron chi connectivity index (χ2n) is 5.52. The predicted molar refractivity (Wildman–Crippen MR) is 77.0 cm³/mol. The van der Waals surface area contributed by atoms with E-state index in [1.54, 1.807) is 7.11 Å². The maximum atomic E-state index is 5.82. The summed E-state index contributed by atoms with van der Waals surface area (Å²) in [4.78, 5) is 9.63. The van der Waals surface area contributed by atoms with Gasteiger partial charge in [-0.05, 0) is 26.2 Å². The first-order valence-electron chi connectivity index (χ1n) is 7.56. The fraction of sp³-hybridized carbons (Fsp3) is 0.733. The summed E-state index contributed by atoms with van der Waals surface area (Å²) in [5.41, 5.74) is 2.13. The Bertz CT molecular complexity index is 484. The molecule has 110 valence electrons. The van der Waals surface area contributed by atoms with Gasteiger partial charge in [-0.25, -0.2) is 9.97 Å². The highest BCUT2D eigenvalue weighted by molar-refractivity contribution is 5.49. The standard InChI is InChI=1S/C15H23N3O2/c1-3-16-13-11-5-4-6-12(11)17-14(18-13)15(19-2)7-9-20-10-8-15/h3-10H2,1-2H3,(H,16,17,18). The van der Waals surface area contributed by atoms with Crippen LogP contribution in [0.1, 0.15) is 43.3 Å². The fourth-order valence-corrected chi connectivity index (χ4v) is 3.17. The summed E-state index contributed by atoms with van der Waals surface area (Å²) in [7, 11) is 1.76. The minimum Gasteiger partial charge on any atom is -0.381 e. The molecule has 0 amide bonds. The zero-order valence-corrected chi connectivity index (χ0v) is 12.4. The Hall–Kier alpha value is -1.20. The zero-order valence-electron chi connectivity index (χ0n) is 12.4. The molecule has 5 heteroatoms. The third-order valence-corrected chi connectivity index (χ3v) is 4.38. The zero-order chi connectivity index (χ0) is 14.0. The van der Waals surface area contributed by atoms with Gasteiger partial charge in [0.2, 0.25) is 0 Å². The number of anilines is 1. The highest BCUT2D eigenvalue weighted by Gasteiger charge is 2.38. The van der Waals surface area contributed by atoms with Crippen molar-refractivity contribution in [1.29, 1.82) is 0 Å². The van der Waals surface area contributed by atoms with Gasteiger partial charge in [-0.15, -0.1) is 0 Å². The highest BCUT2D eigenvalue weighted by Crippen LogP contribution is 2.36. The smallest absolute Gasteiger partial charge is 0.163 e. The van der Waals surface area contributed by atoms with Crippen molar-refractivity contribution in [1.82, 2.24) is 9.97 Å². The van der Waals surface area contributed by atoms with E-state index in [4.69, 9.17) is 19.4 Å². The van der Waals surface area contributed by atoms with Gasteiger partial charge in [-0.2, -0.15) is 0 Å². The minimum absolute atomic E-state index is 0.375. The van der Waals surface area contributed by atoms with E-state index in [1.807, 2.05) is 0 Å². The summed E-state index contributed by atoms with van der Waals surface area (Å²) in [6.07, 6.45) is 4.97. The molecule has 0 spiro atoms. The molecule has 1 saturated heterocycles. The minimum atomic E-state index is -0.375. The molecule has 1 aromatic heterocycles. The molecule has 0 radical (unpaired) electrons. The number of aromatic nitrogens is 2. The lowest BCUT2D eigenvalue weighted by molar-refractivity contribution is -0.1000. The first-order valence-corrected chi connectivity index (χ1v) is 7.56. The molecule has 1 aliphatic carbocycles. The maximum absolute atomic E-state index is 5.82. The molecular formula is C15H23N3O2. The van der Waals surface area contributed by atoms with Gasteiger partial charge in [0.05, 0.1) is 0 Å². The summed E-state index contributed by atoms with van der Waals surface area (Å²) < 4.78 is 11.3. The van der Waals surface area contributed by atoms with E-state index in [2.05, 4.69) is 12.2 Å². The molecule has 20 heavy (non-hydrogen) atoms. The molecule has 0 atom stereocenters. The van der Waals surface area contributed by atoms with E-state index in [0.717, 1.165) is 43.9 Å². The van der Waals surface area contributed by atoms with Crippen molar-refractivity contribution in [2.45, 2.75) is 44.6 Å². The van der Waals surface area contributed by atoms with Crippen LogP contribution in [-0.4, -0.2) is 36.8 Å². The van der Waals surface area contributed by atoms with Crippen molar-refractivity contribution in [3.8, 4) is 0 Å². The van der Waals surface area contributed by atoms with Crippen molar-refractivity contribution >= 4 is 5.82 Å². The van der Waals surface area contributed by atoms with Crippen LogP contribution in [0.2, 0.25) is 0 Å². The number of methoxy groups -OCH3 is 1. The van der Waals surface area contributed by atoms with Gasteiger partial charge in [0, 0.05) is 51.0 Å². The van der Waals surface area contributed by atoms with Crippen LogP contribution in [0.5, 0.6) is 0 Å². The second-order valence-corrected chi connectivity index (χ2v) is 5.52. The van der Waals surface area contributed by atoms with E-state index in [-0.39, 0.29) is 5.60 Å². The lowest BCUT2D eigenvalue weighted by atomic mass is 9.92. The molecule has 3 rings (SSSR count). The molecule has 1 aliphatic heterocycles. The van der Waals surface area contributed by atoms with Crippen molar-refractivity contribution in [2.24, 2.45) is 0 Å². The highest BCUT2D eigenvalue weighted by atomic mass is 16.5. The number of aryl methyl sites for hydroxylation is 1. The third kappa shape index (κ3) is 2.29. The Balaban J connectivity index is 2.02. The molecule has 2 aliphatic rings. The Labute approximate surface area is 120 Å². The fourth-order valence-electron chi connectivity index (χ4n) is 3.17. The summed E-state index contributed by atoms with van der Waals surface area (Å²) in [6, 6.07) is 0. The number of rotatable bonds is 4. The van der Waals surface area contributed by atoms with E-state index in [1.165, 1.54) is 17.7 Å². The number of nitrogens with zero attached hydrogens (tertiary/aromatic N) is 2. The van der Waals surface area contributed by atoms with Crippen LogP contribution in [0.4, 0.5) is 5.82 Å². The summed E-state index contributed by atoms with van der Waals surface area (Å²) in [5.74, 6) is 1.84. The van der Waals surface area contributed by atoms with Crippen LogP contribution in [0.25, 0.3) is 0 Å². The Morgan fingerprint density at radius 1 is 1.25 bits per heavy atom. The van der Waals surface area contributed by atoms with Crippen LogP contribution >= 0.6 is 0 Å². The van der Waals surface area contributed by atoms with Crippen LogP contribution in [0.3, 0.4) is 0 Å². The number of ether oxygens (including phenoxy) is 2. The molecule has 0 bridgehead atoms. The molecular weight excluding hydrogens is 254 g/mol. The summed E-state index contributed by atoms with van der Waals surface area (Å²) >= 11 is 0. The van der Waals surface area contributed by atoms with E-state index in [9.17, 15) is 0 Å². The van der Waals surface area contributed by atoms with E-state index in [0.29, 0.717) is 13.2 Å². The van der Waals surface area contributed by atoms with Gasteiger partial charge in [-0.3, -0.25) is 0 Å². The predicted octanol–water partition coefficient (Wildman–Crippen LogP) is 2.05. The largest absolute Gasteiger partial charge is 0.381 e. The van der Waals surface area contributed by atoms with Gasteiger partial charge < -0.3 is 14.8 Å².